The second-order valence-electron chi connectivity index (χ2n) is 3.38. The lowest BCUT2D eigenvalue weighted by Gasteiger charge is -2.14. The molecule has 0 bridgehead atoms. The third-order valence-corrected chi connectivity index (χ3v) is 2.27. The number of carbonyl (C=O) groups excluding carboxylic acids is 1. The quantitative estimate of drug-likeness (QED) is 0.626. The van der Waals surface area contributed by atoms with Crippen LogP contribution in [-0.4, -0.2) is 47.8 Å². The topological polar surface area (TPSA) is 92.9 Å². The van der Waals surface area contributed by atoms with Gasteiger partial charge in [-0.1, -0.05) is 12.7 Å². The molecule has 1 saturated heterocycles. The maximum atomic E-state index is 11.3. The van der Waals surface area contributed by atoms with Crippen LogP contribution in [0.25, 0.3) is 0 Å². The van der Waals surface area contributed by atoms with E-state index < -0.39 is 24.0 Å². The molecule has 0 saturated carbocycles. The van der Waals surface area contributed by atoms with Gasteiger partial charge in [0.2, 0.25) is 0 Å². The highest BCUT2D eigenvalue weighted by molar-refractivity contribution is 5.75. The van der Waals surface area contributed by atoms with Gasteiger partial charge in [-0.25, -0.2) is 4.79 Å². The first-order chi connectivity index (χ1) is 7.06. The third kappa shape index (κ3) is 2.69. The molecular formula is C9H14N2O4. The van der Waals surface area contributed by atoms with Crippen molar-refractivity contribution < 1.29 is 19.4 Å². The van der Waals surface area contributed by atoms with Crippen molar-refractivity contribution in [2.75, 3.05) is 19.7 Å². The summed E-state index contributed by atoms with van der Waals surface area (Å²) in [6.07, 6.45) is 0.900. The van der Waals surface area contributed by atoms with Gasteiger partial charge in [-0.2, -0.15) is 0 Å². The lowest BCUT2D eigenvalue weighted by Crippen LogP contribution is -2.34. The number of rotatable bonds is 3. The molecule has 0 spiro atoms. The summed E-state index contributed by atoms with van der Waals surface area (Å²) in [6.45, 7) is 3.84. The maximum Gasteiger partial charge on any atom is 0.410 e. The van der Waals surface area contributed by atoms with Gasteiger partial charge >= 0.3 is 12.1 Å². The summed E-state index contributed by atoms with van der Waals surface area (Å²) < 4.78 is 4.77. The van der Waals surface area contributed by atoms with Gasteiger partial charge < -0.3 is 20.5 Å². The predicted molar refractivity (Wildman–Crippen MR) is 52.2 cm³/mol. The zero-order valence-electron chi connectivity index (χ0n) is 8.26. The van der Waals surface area contributed by atoms with Crippen molar-refractivity contribution in [2.45, 2.75) is 6.04 Å². The van der Waals surface area contributed by atoms with E-state index >= 15 is 0 Å². The summed E-state index contributed by atoms with van der Waals surface area (Å²) in [5, 5.41) is 8.78. The highest BCUT2D eigenvalue weighted by Gasteiger charge is 2.38. The minimum Gasteiger partial charge on any atom is -0.481 e. The van der Waals surface area contributed by atoms with E-state index in [1.807, 2.05) is 0 Å². The standard InChI is InChI=1S/C9H14N2O4/c1-2-3-15-9(14)11-4-6(8(12)13)7(10)5-11/h2,6-7H,1,3-5,10H2,(H,12,13)/t6-,7+/m0/s1. The average molecular weight is 214 g/mol. The highest BCUT2D eigenvalue weighted by Crippen LogP contribution is 2.16. The molecule has 0 aromatic heterocycles. The summed E-state index contributed by atoms with van der Waals surface area (Å²) in [6, 6.07) is -0.529. The lowest BCUT2D eigenvalue weighted by atomic mass is 10.1. The summed E-state index contributed by atoms with van der Waals surface area (Å²) >= 11 is 0. The Labute approximate surface area is 87.3 Å². The van der Waals surface area contributed by atoms with Crippen LogP contribution in [0.1, 0.15) is 0 Å². The molecule has 2 atom stereocenters. The number of amides is 1. The first-order valence-electron chi connectivity index (χ1n) is 4.57. The molecule has 1 aliphatic rings. The molecule has 0 aromatic rings. The fraction of sp³-hybridized carbons (Fsp3) is 0.556. The van der Waals surface area contributed by atoms with Crippen molar-refractivity contribution in [3.8, 4) is 0 Å². The summed E-state index contributed by atoms with van der Waals surface area (Å²) in [7, 11) is 0. The number of likely N-dealkylation sites (tertiary alicyclic amines) is 1. The molecule has 0 unspecified atom stereocenters. The Bertz CT molecular complexity index is 279. The Hall–Kier alpha value is -1.56. The molecular weight excluding hydrogens is 200 g/mol. The van der Waals surface area contributed by atoms with E-state index in [9.17, 15) is 9.59 Å². The number of nitrogens with zero attached hydrogens (tertiary/aromatic N) is 1. The Morgan fingerprint density at radius 1 is 1.60 bits per heavy atom. The van der Waals surface area contributed by atoms with Gasteiger partial charge in [0.05, 0.1) is 5.92 Å². The van der Waals surface area contributed by atoms with Crippen LogP contribution in [0.3, 0.4) is 0 Å². The van der Waals surface area contributed by atoms with E-state index in [1.165, 1.54) is 11.0 Å². The molecule has 3 N–H and O–H groups in total. The van der Waals surface area contributed by atoms with E-state index in [1.54, 1.807) is 0 Å². The van der Waals surface area contributed by atoms with E-state index in [0.29, 0.717) is 0 Å². The van der Waals surface area contributed by atoms with E-state index in [2.05, 4.69) is 6.58 Å². The van der Waals surface area contributed by atoms with Crippen molar-refractivity contribution in [3.63, 3.8) is 0 Å². The van der Waals surface area contributed by atoms with Crippen molar-refractivity contribution in [1.29, 1.82) is 0 Å². The van der Waals surface area contributed by atoms with Crippen molar-refractivity contribution in [2.24, 2.45) is 11.7 Å². The van der Waals surface area contributed by atoms with Crippen molar-refractivity contribution in [3.05, 3.63) is 12.7 Å². The summed E-state index contributed by atoms with van der Waals surface area (Å²) in [5.74, 6) is -1.69. The minimum atomic E-state index is -0.985. The molecule has 1 fully saturated rings. The number of carboxylic acids is 1. The first-order valence-corrected chi connectivity index (χ1v) is 4.57. The average Bonchev–Trinajstić information content (AvgIpc) is 2.56. The van der Waals surface area contributed by atoms with Crippen molar-refractivity contribution in [1.82, 2.24) is 4.90 Å². The molecule has 0 aliphatic carbocycles. The molecule has 1 amide bonds. The van der Waals surface area contributed by atoms with Gasteiger partial charge in [-0.05, 0) is 0 Å². The molecule has 15 heavy (non-hydrogen) atoms. The molecule has 0 radical (unpaired) electrons. The second-order valence-corrected chi connectivity index (χ2v) is 3.38. The Morgan fingerprint density at radius 2 is 2.27 bits per heavy atom. The lowest BCUT2D eigenvalue weighted by molar-refractivity contribution is -0.141. The van der Waals surface area contributed by atoms with Crippen LogP contribution >= 0.6 is 0 Å². The number of carbonyl (C=O) groups is 2. The van der Waals surface area contributed by atoms with Crippen LogP contribution < -0.4 is 5.73 Å². The molecule has 0 aromatic carbocycles. The van der Waals surface area contributed by atoms with Crippen LogP contribution in [0.15, 0.2) is 12.7 Å². The van der Waals surface area contributed by atoms with E-state index in [0.717, 1.165) is 0 Å². The van der Waals surface area contributed by atoms with Gasteiger partial charge in [0, 0.05) is 19.1 Å². The molecule has 1 aliphatic heterocycles. The molecule has 1 heterocycles. The van der Waals surface area contributed by atoms with Crippen LogP contribution in [0.2, 0.25) is 0 Å². The number of hydrogen-bond acceptors (Lipinski definition) is 4. The zero-order chi connectivity index (χ0) is 11.4. The largest absolute Gasteiger partial charge is 0.481 e. The minimum absolute atomic E-state index is 0.104. The van der Waals surface area contributed by atoms with Crippen LogP contribution in [0.5, 0.6) is 0 Å². The SMILES string of the molecule is C=CCOC(=O)N1C[C@@H](N)[C@@H](C(=O)O)C1. The van der Waals surface area contributed by atoms with Gasteiger partial charge in [-0.3, -0.25) is 4.79 Å². The maximum absolute atomic E-state index is 11.3. The summed E-state index contributed by atoms with van der Waals surface area (Å²) in [4.78, 5) is 23.3. The van der Waals surface area contributed by atoms with Crippen LogP contribution in [0.4, 0.5) is 4.79 Å². The summed E-state index contributed by atoms with van der Waals surface area (Å²) in [5.41, 5.74) is 5.59. The predicted octanol–water partition coefficient (Wildman–Crippen LogP) is -0.347. The Morgan fingerprint density at radius 3 is 2.73 bits per heavy atom. The van der Waals surface area contributed by atoms with Gasteiger partial charge in [0.15, 0.2) is 0 Å². The normalized spacial score (nSPS) is 25.0. The second kappa shape index (κ2) is 4.79. The number of hydrogen-bond donors (Lipinski definition) is 2. The fourth-order valence-electron chi connectivity index (χ4n) is 1.46. The van der Waals surface area contributed by atoms with E-state index in [-0.39, 0.29) is 19.7 Å². The Kier molecular flexibility index (Phi) is 3.68. The molecule has 84 valence electrons. The van der Waals surface area contributed by atoms with E-state index in [4.69, 9.17) is 15.6 Å². The number of ether oxygens (including phenoxy) is 1. The molecule has 6 heteroatoms. The van der Waals surface area contributed by atoms with Gasteiger partial charge in [-0.15, -0.1) is 0 Å². The van der Waals surface area contributed by atoms with Gasteiger partial charge in [0.1, 0.15) is 6.61 Å². The van der Waals surface area contributed by atoms with Crippen LogP contribution in [-0.2, 0) is 9.53 Å². The molecule has 6 nitrogen and oxygen atoms in total. The first kappa shape index (κ1) is 11.5. The number of nitrogens with two attached hydrogens (primary N) is 1. The van der Waals surface area contributed by atoms with Crippen LogP contribution in [0, 0.1) is 5.92 Å². The number of aliphatic carboxylic acids is 1. The zero-order valence-corrected chi connectivity index (χ0v) is 8.26. The fourth-order valence-corrected chi connectivity index (χ4v) is 1.46. The molecule has 1 rings (SSSR count). The highest BCUT2D eigenvalue weighted by atomic mass is 16.6. The van der Waals surface area contributed by atoms with Crippen molar-refractivity contribution >= 4 is 12.1 Å². The smallest absolute Gasteiger partial charge is 0.410 e. The van der Waals surface area contributed by atoms with Gasteiger partial charge in [0.25, 0.3) is 0 Å². The Balaban J connectivity index is 2.50. The number of carboxylic acid groups (broad SMARTS) is 1. The monoisotopic (exact) mass is 214 g/mol. The third-order valence-electron chi connectivity index (χ3n) is 2.27.